The first-order valence-electron chi connectivity index (χ1n) is 2.86. The molecule has 1 nitrogen and oxygen atoms in total. The number of phenolic OH excluding ortho intramolecular Hbond substituents is 1. The Hall–Kier alpha value is -0.0331. The van der Waals surface area contributed by atoms with Crippen molar-refractivity contribution in [3.05, 3.63) is 27.3 Å². The maximum atomic E-state index is 9.20. The number of hydrogen-bond acceptors (Lipinski definition) is 1. The summed E-state index contributed by atoms with van der Waals surface area (Å²) in [4.78, 5) is 0. The molecular formula is C7H6IOSi. The molecule has 1 aromatic carbocycles. The van der Waals surface area contributed by atoms with Crippen molar-refractivity contribution < 1.29 is 5.11 Å². The van der Waals surface area contributed by atoms with Gasteiger partial charge in [-0.1, -0.05) is 12.1 Å². The van der Waals surface area contributed by atoms with Gasteiger partial charge in [0, 0.05) is 10.2 Å². The summed E-state index contributed by atoms with van der Waals surface area (Å²) in [7, 11) is 3.37. The molecule has 1 rings (SSSR count). The Bertz CT molecular complexity index is 237. The lowest BCUT2D eigenvalue weighted by Gasteiger charge is -2.01. The number of aromatic hydroxyl groups is 1. The minimum atomic E-state index is 0.358. The average molecular weight is 261 g/mol. The molecule has 0 fully saturated rings. The fourth-order valence-corrected chi connectivity index (χ4v) is 1.91. The van der Waals surface area contributed by atoms with Gasteiger partial charge in [0.25, 0.3) is 0 Å². The van der Waals surface area contributed by atoms with Crippen molar-refractivity contribution in [1.29, 1.82) is 0 Å². The Morgan fingerprint density at radius 1 is 1.50 bits per heavy atom. The van der Waals surface area contributed by atoms with Gasteiger partial charge in [0.15, 0.2) is 0 Å². The molecule has 0 aromatic heterocycles. The predicted octanol–water partition coefficient (Wildman–Crippen LogP) is 1.67. The zero-order chi connectivity index (χ0) is 7.56. The van der Waals surface area contributed by atoms with Crippen LogP contribution < -0.4 is 0 Å². The summed E-state index contributed by atoms with van der Waals surface area (Å²) < 4.78 is 0.926. The molecule has 0 heterocycles. The third-order valence-electron chi connectivity index (χ3n) is 1.25. The van der Waals surface area contributed by atoms with Crippen molar-refractivity contribution in [2.45, 2.75) is 6.04 Å². The molecule has 51 valence electrons. The smallest absolute Gasteiger partial charge is 0.129 e. The monoisotopic (exact) mass is 261 g/mol. The van der Waals surface area contributed by atoms with Crippen LogP contribution in [0.1, 0.15) is 5.56 Å². The summed E-state index contributed by atoms with van der Waals surface area (Å²) in [5.41, 5.74) is 1.12. The van der Waals surface area contributed by atoms with Gasteiger partial charge in [0.05, 0.1) is 3.57 Å². The lowest BCUT2D eigenvalue weighted by Crippen LogP contribution is -1.87. The molecule has 0 amide bonds. The standard InChI is InChI=1S/C7H6IOSi/c8-7-5(4-10)2-1-3-6(7)9/h1-3,9H,4H2. The minimum Gasteiger partial charge on any atom is -0.507 e. The zero-order valence-corrected chi connectivity index (χ0v) is 8.42. The largest absolute Gasteiger partial charge is 0.507 e. The van der Waals surface area contributed by atoms with Gasteiger partial charge in [-0.2, -0.15) is 0 Å². The Kier molecular flexibility index (Phi) is 2.73. The normalized spacial score (nSPS) is 9.80. The third-order valence-corrected chi connectivity index (χ3v) is 2.88. The van der Waals surface area contributed by atoms with Gasteiger partial charge < -0.3 is 5.11 Å². The van der Waals surface area contributed by atoms with Crippen LogP contribution in [0, 0.1) is 3.57 Å². The quantitative estimate of drug-likeness (QED) is 0.602. The van der Waals surface area contributed by atoms with Crippen molar-refractivity contribution in [3.63, 3.8) is 0 Å². The van der Waals surface area contributed by atoms with E-state index < -0.39 is 0 Å². The first-order valence-corrected chi connectivity index (χ1v) is 4.65. The predicted molar refractivity (Wildman–Crippen MR) is 50.3 cm³/mol. The molecule has 3 heteroatoms. The fourth-order valence-electron chi connectivity index (χ4n) is 0.703. The summed E-state index contributed by atoms with van der Waals surface area (Å²) in [5.74, 6) is 0.358. The summed E-state index contributed by atoms with van der Waals surface area (Å²) in [6, 6.07) is 6.29. The van der Waals surface area contributed by atoms with Crippen LogP contribution in [-0.2, 0) is 6.04 Å². The molecule has 0 saturated carbocycles. The van der Waals surface area contributed by atoms with Crippen LogP contribution in [-0.4, -0.2) is 15.3 Å². The van der Waals surface area contributed by atoms with Gasteiger partial charge in [-0.05, 0) is 40.3 Å². The van der Waals surface area contributed by atoms with Crippen molar-refractivity contribution in [2.75, 3.05) is 0 Å². The van der Waals surface area contributed by atoms with Crippen LogP contribution in [0.25, 0.3) is 0 Å². The lowest BCUT2D eigenvalue weighted by molar-refractivity contribution is 0.471. The number of hydrogen-bond donors (Lipinski definition) is 1. The van der Waals surface area contributed by atoms with Crippen molar-refractivity contribution in [1.82, 2.24) is 0 Å². The van der Waals surface area contributed by atoms with E-state index in [0.717, 1.165) is 15.2 Å². The van der Waals surface area contributed by atoms with E-state index in [4.69, 9.17) is 0 Å². The molecule has 0 aliphatic carbocycles. The second-order valence-electron chi connectivity index (χ2n) is 1.93. The van der Waals surface area contributed by atoms with Gasteiger partial charge >= 0.3 is 0 Å². The molecule has 0 aliphatic heterocycles. The second-order valence-corrected chi connectivity index (χ2v) is 3.36. The van der Waals surface area contributed by atoms with E-state index >= 15 is 0 Å². The Morgan fingerprint density at radius 3 is 2.70 bits per heavy atom. The first kappa shape index (κ1) is 8.07. The molecular weight excluding hydrogens is 255 g/mol. The molecule has 0 aliphatic rings. The average Bonchev–Trinajstić information content (AvgIpc) is 1.95. The number of rotatable bonds is 1. The number of halogens is 1. The topological polar surface area (TPSA) is 20.2 Å². The van der Waals surface area contributed by atoms with E-state index in [1.54, 1.807) is 6.07 Å². The molecule has 3 radical (unpaired) electrons. The van der Waals surface area contributed by atoms with Crippen LogP contribution in [0.5, 0.6) is 5.75 Å². The molecule has 1 N–H and O–H groups in total. The lowest BCUT2D eigenvalue weighted by atomic mass is 10.2. The SMILES string of the molecule is Oc1cccc(C[Si])c1I. The van der Waals surface area contributed by atoms with E-state index in [1.165, 1.54) is 0 Å². The van der Waals surface area contributed by atoms with Gasteiger partial charge in [-0.25, -0.2) is 0 Å². The van der Waals surface area contributed by atoms with Crippen LogP contribution in [0.2, 0.25) is 0 Å². The van der Waals surface area contributed by atoms with Crippen LogP contribution in [0.3, 0.4) is 0 Å². The molecule has 0 spiro atoms. The van der Waals surface area contributed by atoms with Gasteiger partial charge in [0.2, 0.25) is 0 Å². The van der Waals surface area contributed by atoms with Crippen molar-refractivity contribution >= 4 is 32.8 Å². The van der Waals surface area contributed by atoms with Gasteiger partial charge in [-0.15, -0.1) is 0 Å². The summed E-state index contributed by atoms with van der Waals surface area (Å²) in [6.07, 6.45) is 0. The van der Waals surface area contributed by atoms with Crippen LogP contribution in [0.4, 0.5) is 0 Å². The summed E-state index contributed by atoms with van der Waals surface area (Å²) >= 11 is 2.12. The van der Waals surface area contributed by atoms with Gasteiger partial charge in [0.1, 0.15) is 5.75 Å². The van der Waals surface area contributed by atoms with E-state index in [1.807, 2.05) is 12.1 Å². The van der Waals surface area contributed by atoms with Gasteiger partial charge in [-0.3, -0.25) is 0 Å². The Labute approximate surface area is 77.0 Å². The molecule has 0 saturated heterocycles. The highest BCUT2D eigenvalue weighted by atomic mass is 127. The number of phenols is 1. The maximum absolute atomic E-state index is 9.20. The Morgan fingerprint density at radius 2 is 2.20 bits per heavy atom. The highest BCUT2D eigenvalue weighted by Gasteiger charge is 1.99. The van der Waals surface area contributed by atoms with Crippen LogP contribution in [0.15, 0.2) is 18.2 Å². The maximum Gasteiger partial charge on any atom is 0.129 e. The number of benzene rings is 1. The van der Waals surface area contributed by atoms with E-state index in [-0.39, 0.29) is 0 Å². The van der Waals surface area contributed by atoms with Crippen LogP contribution >= 0.6 is 22.6 Å². The second kappa shape index (κ2) is 3.38. The molecule has 0 atom stereocenters. The fraction of sp³-hybridized carbons (Fsp3) is 0.143. The zero-order valence-electron chi connectivity index (χ0n) is 5.26. The molecule has 0 unspecified atom stereocenters. The molecule has 1 aromatic rings. The van der Waals surface area contributed by atoms with E-state index in [9.17, 15) is 5.11 Å². The first-order chi connectivity index (χ1) is 4.75. The summed E-state index contributed by atoms with van der Waals surface area (Å²) in [5, 5.41) is 9.20. The molecule has 0 bridgehead atoms. The Balaban J connectivity index is 3.14. The minimum absolute atomic E-state index is 0.358. The summed E-state index contributed by atoms with van der Waals surface area (Å²) in [6.45, 7) is 0. The van der Waals surface area contributed by atoms with Crippen molar-refractivity contribution in [2.24, 2.45) is 0 Å². The third kappa shape index (κ3) is 1.52. The molecule has 10 heavy (non-hydrogen) atoms. The van der Waals surface area contributed by atoms with E-state index in [2.05, 4.69) is 32.8 Å². The van der Waals surface area contributed by atoms with E-state index in [0.29, 0.717) is 5.75 Å². The highest BCUT2D eigenvalue weighted by Crippen LogP contribution is 2.22. The van der Waals surface area contributed by atoms with Crippen molar-refractivity contribution in [3.8, 4) is 5.75 Å². The highest BCUT2D eigenvalue weighted by molar-refractivity contribution is 14.1.